The Morgan fingerprint density at radius 1 is 1.32 bits per heavy atom. The number of halogens is 4. The SMILES string of the molecule is CC(C)(C)OC(=O)N1C[C@@H](N=[N+]=[N-])[C@H](OCc2ccc(C(F)(F)F)c(F)c2)C1. The van der Waals surface area contributed by atoms with Gasteiger partial charge in [-0.25, -0.2) is 9.18 Å². The number of carbonyl (C=O) groups excluding carboxylic acids is 1. The summed E-state index contributed by atoms with van der Waals surface area (Å²) in [6.45, 7) is 5.06. The van der Waals surface area contributed by atoms with Gasteiger partial charge in [-0.15, -0.1) is 0 Å². The number of rotatable bonds is 4. The highest BCUT2D eigenvalue weighted by molar-refractivity contribution is 5.68. The fraction of sp³-hybridized carbons (Fsp3) is 0.588. The first-order valence-electron chi connectivity index (χ1n) is 8.40. The molecule has 1 saturated heterocycles. The highest BCUT2D eigenvalue weighted by Crippen LogP contribution is 2.32. The van der Waals surface area contributed by atoms with Gasteiger partial charge in [0.1, 0.15) is 11.4 Å². The van der Waals surface area contributed by atoms with Crippen molar-refractivity contribution in [3.63, 3.8) is 0 Å². The van der Waals surface area contributed by atoms with Crippen molar-refractivity contribution in [2.45, 2.75) is 51.3 Å². The molecule has 0 unspecified atom stereocenters. The summed E-state index contributed by atoms with van der Waals surface area (Å²) in [4.78, 5) is 16.2. The van der Waals surface area contributed by atoms with Crippen molar-refractivity contribution in [2.24, 2.45) is 5.11 Å². The molecule has 1 aliphatic heterocycles. The Hall–Kier alpha value is -2.52. The zero-order chi connectivity index (χ0) is 21.1. The maximum atomic E-state index is 13.7. The zero-order valence-electron chi connectivity index (χ0n) is 15.5. The summed E-state index contributed by atoms with van der Waals surface area (Å²) in [7, 11) is 0. The third kappa shape index (κ3) is 5.74. The Labute approximate surface area is 158 Å². The molecule has 1 aromatic rings. The van der Waals surface area contributed by atoms with Crippen LogP contribution in [0.3, 0.4) is 0 Å². The van der Waals surface area contributed by atoms with Crippen molar-refractivity contribution < 1.29 is 31.8 Å². The van der Waals surface area contributed by atoms with Gasteiger partial charge in [-0.2, -0.15) is 13.2 Å². The Morgan fingerprint density at radius 2 is 2.00 bits per heavy atom. The molecular weight excluding hydrogens is 384 g/mol. The predicted molar refractivity (Wildman–Crippen MR) is 90.7 cm³/mol. The van der Waals surface area contributed by atoms with E-state index in [-0.39, 0.29) is 25.3 Å². The molecule has 28 heavy (non-hydrogen) atoms. The summed E-state index contributed by atoms with van der Waals surface area (Å²) in [6.07, 6.45) is -6.08. The van der Waals surface area contributed by atoms with Crippen LogP contribution in [-0.2, 0) is 22.3 Å². The molecule has 7 nitrogen and oxygen atoms in total. The second kappa shape index (κ2) is 8.24. The number of carbonyl (C=O) groups is 1. The Balaban J connectivity index is 2.04. The first-order valence-corrected chi connectivity index (χ1v) is 8.40. The molecule has 0 N–H and O–H groups in total. The fourth-order valence-corrected chi connectivity index (χ4v) is 2.65. The van der Waals surface area contributed by atoms with Crippen LogP contribution >= 0.6 is 0 Å². The lowest BCUT2D eigenvalue weighted by Crippen LogP contribution is -2.36. The van der Waals surface area contributed by atoms with Gasteiger partial charge in [0.05, 0.1) is 30.9 Å². The van der Waals surface area contributed by atoms with Crippen molar-refractivity contribution in [1.82, 2.24) is 4.90 Å². The lowest BCUT2D eigenvalue weighted by atomic mass is 10.1. The topological polar surface area (TPSA) is 87.5 Å². The van der Waals surface area contributed by atoms with Crippen LogP contribution in [0.5, 0.6) is 0 Å². The van der Waals surface area contributed by atoms with E-state index in [1.807, 2.05) is 0 Å². The molecule has 0 aromatic heterocycles. The van der Waals surface area contributed by atoms with E-state index < -0.39 is 41.4 Å². The van der Waals surface area contributed by atoms with Gasteiger partial charge in [0, 0.05) is 11.5 Å². The molecule has 0 aliphatic carbocycles. The van der Waals surface area contributed by atoms with Crippen molar-refractivity contribution in [2.75, 3.05) is 13.1 Å². The maximum absolute atomic E-state index is 13.7. The van der Waals surface area contributed by atoms with Crippen molar-refractivity contribution in [3.8, 4) is 0 Å². The third-order valence-corrected chi connectivity index (χ3v) is 3.89. The highest BCUT2D eigenvalue weighted by Gasteiger charge is 2.38. The fourth-order valence-electron chi connectivity index (χ4n) is 2.65. The molecule has 1 fully saturated rings. The molecular formula is C17H20F4N4O3. The van der Waals surface area contributed by atoms with E-state index in [9.17, 15) is 22.4 Å². The lowest BCUT2D eigenvalue weighted by molar-refractivity contribution is -0.140. The van der Waals surface area contributed by atoms with E-state index in [4.69, 9.17) is 15.0 Å². The van der Waals surface area contributed by atoms with Gasteiger partial charge in [-0.05, 0) is 44.0 Å². The monoisotopic (exact) mass is 404 g/mol. The first kappa shape index (κ1) is 21.8. The van der Waals surface area contributed by atoms with E-state index in [0.29, 0.717) is 6.07 Å². The van der Waals surface area contributed by atoms with E-state index in [2.05, 4.69) is 10.0 Å². The number of ether oxygens (including phenoxy) is 2. The average Bonchev–Trinajstić information content (AvgIpc) is 2.94. The molecule has 0 bridgehead atoms. The Morgan fingerprint density at radius 3 is 2.54 bits per heavy atom. The highest BCUT2D eigenvalue weighted by atomic mass is 19.4. The van der Waals surface area contributed by atoms with E-state index in [1.165, 1.54) is 4.90 Å². The summed E-state index contributed by atoms with van der Waals surface area (Å²) < 4.78 is 62.4. The summed E-state index contributed by atoms with van der Waals surface area (Å²) in [5.41, 5.74) is 6.81. The number of azide groups is 1. The molecule has 154 valence electrons. The molecule has 0 spiro atoms. The van der Waals surface area contributed by atoms with Crippen molar-refractivity contribution in [3.05, 3.63) is 45.6 Å². The van der Waals surface area contributed by atoms with Crippen LogP contribution in [0.2, 0.25) is 0 Å². The Kier molecular flexibility index (Phi) is 6.41. The van der Waals surface area contributed by atoms with Crippen LogP contribution in [0, 0.1) is 5.82 Å². The minimum Gasteiger partial charge on any atom is -0.444 e. The number of hydrogen-bond acceptors (Lipinski definition) is 4. The minimum absolute atomic E-state index is 0.0711. The number of amides is 1. The lowest BCUT2D eigenvalue weighted by Gasteiger charge is -2.24. The normalized spacial score (nSPS) is 20.0. The van der Waals surface area contributed by atoms with Gasteiger partial charge in [-0.3, -0.25) is 0 Å². The molecule has 2 atom stereocenters. The van der Waals surface area contributed by atoms with Crippen molar-refractivity contribution in [1.29, 1.82) is 0 Å². The molecule has 1 aliphatic rings. The number of hydrogen-bond donors (Lipinski definition) is 0. The van der Waals surface area contributed by atoms with E-state index >= 15 is 0 Å². The van der Waals surface area contributed by atoms with E-state index in [0.717, 1.165) is 12.1 Å². The third-order valence-electron chi connectivity index (χ3n) is 3.89. The molecule has 1 amide bonds. The summed E-state index contributed by atoms with van der Waals surface area (Å²) >= 11 is 0. The van der Waals surface area contributed by atoms with Crippen molar-refractivity contribution >= 4 is 6.09 Å². The van der Waals surface area contributed by atoms with Crippen LogP contribution in [0.4, 0.5) is 22.4 Å². The molecule has 1 aromatic carbocycles. The maximum Gasteiger partial charge on any atom is 0.419 e. The van der Waals surface area contributed by atoms with Gasteiger partial charge in [0.15, 0.2) is 0 Å². The predicted octanol–water partition coefficient (Wildman–Crippen LogP) is 4.66. The number of likely N-dealkylation sites (tertiary alicyclic amines) is 1. The van der Waals surface area contributed by atoms with Crippen LogP contribution < -0.4 is 0 Å². The van der Waals surface area contributed by atoms with Crippen LogP contribution in [0.25, 0.3) is 10.4 Å². The second-order valence-electron chi connectivity index (χ2n) is 7.32. The largest absolute Gasteiger partial charge is 0.444 e. The van der Waals surface area contributed by atoms with Crippen LogP contribution in [0.15, 0.2) is 23.3 Å². The smallest absolute Gasteiger partial charge is 0.419 e. The van der Waals surface area contributed by atoms with Gasteiger partial charge >= 0.3 is 12.3 Å². The number of alkyl halides is 3. The van der Waals surface area contributed by atoms with Crippen LogP contribution in [0.1, 0.15) is 31.9 Å². The standard InChI is InChI=1S/C17H20F4N4O3/c1-16(2,3)28-15(26)25-7-13(23-24-22)14(8-25)27-9-10-4-5-11(12(18)6-10)17(19,20)21/h4-6,13-14H,7-9H2,1-3H3/t13-,14-/m1/s1. The number of nitrogens with zero attached hydrogens (tertiary/aromatic N) is 4. The summed E-state index contributed by atoms with van der Waals surface area (Å²) in [6, 6.07) is 1.79. The summed E-state index contributed by atoms with van der Waals surface area (Å²) in [5.74, 6) is -1.40. The van der Waals surface area contributed by atoms with Gasteiger partial charge in [0.25, 0.3) is 0 Å². The molecule has 0 radical (unpaired) electrons. The van der Waals surface area contributed by atoms with Gasteiger partial charge in [0.2, 0.25) is 0 Å². The average molecular weight is 404 g/mol. The molecule has 11 heteroatoms. The minimum atomic E-state index is -4.78. The number of benzene rings is 1. The molecule has 1 heterocycles. The van der Waals surface area contributed by atoms with Gasteiger partial charge in [-0.1, -0.05) is 11.2 Å². The molecule has 0 saturated carbocycles. The first-order chi connectivity index (χ1) is 12.9. The second-order valence-corrected chi connectivity index (χ2v) is 7.32. The quantitative estimate of drug-likeness (QED) is 0.316. The van der Waals surface area contributed by atoms with E-state index in [1.54, 1.807) is 20.8 Å². The van der Waals surface area contributed by atoms with Crippen LogP contribution in [-0.4, -0.2) is 41.8 Å². The van der Waals surface area contributed by atoms with Gasteiger partial charge < -0.3 is 14.4 Å². The molecule has 2 rings (SSSR count). The summed E-state index contributed by atoms with van der Waals surface area (Å²) in [5, 5.41) is 3.59. The Bertz CT molecular complexity index is 773. The zero-order valence-corrected chi connectivity index (χ0v) is 15.5.